The Hall–Kier alpha value is -2.01. The zero-order valence-electron chi connectivity index (χ0n) is 27.6. The minimum absolute atomic E-state index is 0.0466. The van der Waals surface area contributed by atoms with Gasteiger partial charge in [0.1, 0.15) is 0 Å². The van der Waals surface area contributed by atoms with E-state index in [1.807, 2.05) is 6.07 Å². The molecule has 238 valence electrons. The first-order valence-corrected chi connectivity index (χ1v) is 17.2. The Balaban J connectivity index is 1.23. The van der Waals surface area contributed by atoms with Gasteiger partial charge in [-0.25, -0.2) is 0 Å². The number of nitrogens with one attached hydrogen (secondary N) is 1. The van der Waals surface area contributed by atoms with Crippen molar-refractivity contribution >= 4 is 5.97 Å². The Kier molecular flexibility index (Phi) is 7.39. The second-order valence-corrected chi connectivity index (χ2v) is 17.1. The Morgan fingerprint density at radius 1 is 0.884 bits per heavy atom. The number of aromatic hydroxyl groups is 2. The van der Waals surface area contributed by atoms with Crippen LogP contribution in [0.4, 0.5) is 0 Å². The number of phenols is 2. The standard InChI is InChI=1S/C38H57NO4/c1-23(2)25-12-18-38(33(42)43)20-19-36(6)26(32(25)38)9-11-30-35(5)16-14-31(34(3,4)29(35)13-17-37(30,36)7)39-21-15-24-8-10-27(40)28(41)22-24/h8,10,22,25-26,29-32,39-41H,1,9,11-21H2,2-7H3,(H,42,43)/t25-,26+,29-,30+,31?,32+,35-,36+,37+,38-/m0/s1. The van der Waals surface area contributed by atoms with Crippen LogP contribution in [0.25, 0.3) is 0 Å². The normalized spacial score (nSPS) is 44.9. The molecular weight excluding hydrogens is 534 g/mol. The number of allylic oxidation sites excluding steroid dienone is 1. The second kappa shape index (κ2) is 10.3. The zero-order chi connectivity index (χ0) is 31.2. The van der Waals surface area contributed by atoms with E-state index in [9.17, 15) is 20.1 Å². The lowest BCUT2D eigenvalue weighted by atomic mass is 9.32. The summed E-state index contributed by atoms with van der Waals surface area (Å²) < 4.78 is 0. The number of carbonyl (C=O) groups is 1. The van der Waals surface area contributed by atoms with Crippen LogP contribution in [-0.2, 0) is 11.2 Å². The number of aliphatic carboxylic acids is 1. The molecule has 0 aromatic heterocycles. The molecule has 5 heteroatoms. The predicted molar refractivity (Wildman–Crippen MR) is 172 cm³/mol. The molecule has 0 heterocycles. The highest BCUT2D eigenvalue weighted by Crippen LogP contribution is 2.77. The van der Waals surface area contributed by atoms with Crippen molar-refractivity contribution < 1.29 is 20.1 Å². The molecule has 43 heavy (non-hydrogen) atoms. The van der Waals surface area contributed by atoms with Crippen molar-refractivity contribution in [2.24, 2.45) is 56.7 Å². The van der Waals surface area contributed by atoms with Crippen LogP contribution in [0.15, 0.2) is 30.4 Å². The van der Waals surface area contributed by atoms with Crippen LogP contribution in [0.1, 0.15) is 111 Å². The van der Waals surface area contributed by atoms with Gasteiger partial charge >= 0.3 is 5.97 Å². The fraction of sp³-hybridized carbons (Fsp3) is 0.763. The average Bonchev–Trinajstić information content (AvgIpc) is 3.34. The molecule has 0 saturated heterocycles. The molecular formula is C38H57NO4. The van der Waals surface area contributed by atoms with Gasteiger partial charge in [-0.15, -0.1) is 0 Å². The molecule has 0 radical (unpaired) electrons. The molecule has 0 amide bonds. The highest BCUT2D eigenvalue weighted by molar-refractivity contribution is 5.76. The predicted octanol–water partition coefficient (Wildman–Crippen LogP) is 8.34. The highest BCUT2D eigenvalue weighted by atomic mass is 16.4. The molecule has 5 aliphatic carbocycles. The Morgan fingerprint density at radius 2 is 1.63 bits per heavy atom. The lowest BCUT2D eigenvalue weighted by molar-refractivity contribution is -0.240. The van der Waals surface area contributed by atoms with Crippen LogP contribution in [0, 0.1) is 56.7 Å². The van der Waals surface area contributed by atoms with Crippen molar-refractivity contribution in [2.75, 3.05) is 6.54 Å². The molecule has 0 bridgehead atoms. The first-order valence-electron chi connectivity index (χ1n) is 17.2. The smallest absolute Gasteiger partial charge is 0.309 e. The second-order valence-electron chi connectivity index (χ2n) is 17.1. The van der Waals surface area contributed by atoms with Crippen LogP contribution in [-0.4, -0.2) is 33.9 Å². The maximum atomic E-state index is 12.9. The van der Waals surface area contributed by atoms with Crippen molar-refractivity contribution in [3.05, 3.63) is 35.9 Å². The molecule has 5 nitrogen and oxygen atoms in total. The SMILES string of the molecule is C=C(C)[C@@H]1CC[C@]2(C(=O)O)CC[C@]3(C)[C@H](CC[C@@H]4[C@@]5(C)CCC(NCCc6ccc(O)c(O)c6)C(C)(C)[C@@H]5CC[C@]43C)[C@@H]12. The van der Waals surface area contributed by atoms with Crippen LogP contribution in [0.3, 0.4) is 0 Å². The third-order valence-corrected chi connectivity index (χ3v) is 15.4. The van der Waals surface area contributed by atoms with Gasteiger partial charge in [-0.2, -0.15) is 0 Å². The van der Waals surface area contributed by atoms with Gasteiger partial charge in [0.05, 0.1) is 5.41 Å². The van der Waals surface area contributed by atoms with Crippen LogP contribution in [0.2, 0.25) is 0 Å². The fourth-order valence-electron chi connectivity index (χ4n) is 13.0. The lowest BCUT2D eigenvalue weighted by Crippen LogP contribution is -2.67. The number of fused-ring (bicyclic) bond motifs is 7. The van der Waals surface area contributed by atoms with Gasteiger partial charge in [0, 0.05) is 6.04 Å². The van der Waals surface area contributed by atoms with E-state index >= 15 is 0 Å². The zero-order valence-corrected chi connectivity index (χ0v) is 27.6. The van der Waals surface area contributed by atoms with Crippen LogP contribution in [0.5, 0.6) is 11.5 Å². The molecule has 10 atom stereocenters. The van der Waals surface area contributed by atoms with Gasteiger partial charge < -0.3 is 20.6 Å². The minimum atomic E-state index is -0.553. The monoisotopic (exact) mass is 591 g/mol. The first-order chi connectivity index (χ1) is 20.1. The molecule has 0 spiro atoms. The average molecular weight is 592 g/mol. The summed E-state index contributed by atoms with van der Waals surface area (Å²) in [6.07, 6.45) is 11.9. The molecule has 4 N–H and O–H groups in total. The fourth-order valence-corrected chi connectivity index (χ4v) is 13.0. The maximum absolute atomic E-state index is 12.9. The summed E-state index contributed by atoms with van der Waals surface area (Å²) in [5.41, 5.74) is 2.54. The number of carboxylic acid groups (broad SMARTS) is 1. The van der Waals surface area contributed by atoms with Gasteiger partial charge in [-0.3, -0.25) is 4.79 Å². The number of hydrogen-bond donors (Lipinski definition) is 4. The number of carboxylic acids is 1. The molecule has 1 aromatic carbocycles. The molecule has 5 aliphatic rings. The minimum Gasteiger partial charge on any atom is -0.504 e. The molecule has 5 saturated carbocycles. The number of rotatable bonds is 6. The third-order valence-electron chi connectivity index (χ3n) is 15.4. The molecule has 6 rings (SSSR count). The van der Waals surface area contributed by atoms with E-state index in [2.05, 4.69) is 53.4 Å². The number of hydrogen-bond acceptors (Lipinski definition) is 4. The van der Waals surface area contributed by atoms with E-state index in [1.165, 1.54) is 44.1 Å². The quantitative estimate of drug-likeness (QED) is 0.197. The summed E-state index contributed by atoms with van der Waals surface area (Å²) in [7, 11) is 0. The van der Waals surface area contributed by atoms with Gasteiger partial charge in [0.25, 0.3) is 0 Å². The first kappa shape index (κ1) is 31.0. The maximum Gasteiger partial charge on any atom is 0.309 e. The number of benzene rings is 1. The van der Waals surface area contributed by atoms with Crippen molar-refractivity contribution in [2.45, 2.75) is 118 Å². The Bertz CT molecular complexity index is 1290. The highest BCUT2D eigenvalue weighted by Gasteiger charge is 2.72. The van der Waals surface area contributed by atoms with E-state index in [-0.39, 0.29) is 39.1 Å². The Morgan fingerprint density at radius 3 is 2.30 bits per heavy atom. The summed E-state index contributed by atoms with van der Waals surface area (Å²) in [5.74, 6) is 1.71. The van der Waals surface area contributed by atoms with Crippen LogP contribution < -0.4 is 5.32 Å². The molecule has 5 fully saturated rings. The molecule has 0 aliphatic heterocycles. The van der Waals surface area contributed by atoms with Crippen molar-refractivity contribution in [3.63, 3.8) is 0 Å². The van der Waals surface area contributed by atoms with Gasteiger partial charge in [-0.05, 0) is 153 Å². The van der Waals surface area contributed by atoms with Crippen molar-refractivity contribution in [1.82, 2.24) is 5.32 Å². The molecule has 1 aromatic rings. The Labute approximate surface area is 259 Å². The largest absolute Gasteiger partial charge is 0.504 e. The van der Waals surface area contributed by atoms with Gasteiger partial charge in [0.2, 0.25) is 0 Å². The van der Waals surface area contributed by atoms with Crippen molar-refractivity contribution in [1.29, 1.82) is 0 Å². The lowest BCUT2D eigenvalue weighted by Gasteiger charge is -2.73. The van der Waals surface area contributed by atoms with Gasteiger partial charge in [-0.1, -0.05) is 52.8 Å². The van der Waals surface area contributed by atoms with E-state index in [4.69, 9.17) is 0 Å². The molecule has 1 unspecified atom stereocenters. The van der Waals surface area contributed by atoms with E-state index < -0.39 is 11.4 Å². The number of phenolic OH excluding ortho intramolecular Hbond substituents is 2. The van der Waals surface area contributed by atoms with Gasteiger partial charge in [0.15, 0.2) is 11.5 Å². The summed E-state index contributed by atoms with van der Waals surface area (Å²) in [6.45, 7) is 20.3. The summed E-state index contributed by atoms with van der Waals surface area (Å²) in [6, 6.07) is 5.60. The summed E-state index contributed by atoms with van der Waals surface area (Å²) in [5, 5.41) is 34.2. The van der Waals surface area contributed by atoms with Crippen LogP contribution >= 0.6 is 0 Å². The van der Waals surface area contributed by atoms with Crippen molar-refractivity contribution in [3.8, 4) is 11.5 Å². The topological polar surface area (TPSA) is 89.8 Å². The summed E-state index contributed by atoms with van der Waals surface area (Å²) in [4.78, 5) is 12.9. The summed E-state index contributed by atoms with van der Waals surface area (Å²) >= 11 is 0. The van der Waals surface area contributed by atoms with E-state index in [0.29, 0.717) is 29.7 Å². The van der Waals surface area contributed by atoms with E-state index in [0.717, 1.165) is 44.2 Å². The third kappa shape index (κ3) is 4.29. The van der Waals surface area contributed by atoms with E-state index in [1.54, 1.807) is 12.1 Å².